The highest BCUT2D eigenvalue weighted by Gasteiger charge is 2.16. The third kappa shape index (κ3) is 4.16. The minimum atomic E-state index is -0.838. The molecule has 1 atom stereocenters. The van der Waals surface area contributed by atoms with E-state index in [-0.39, 0.29) is 12.4 Å². The smallest absolute Gasteiger partial charge is 0.159 e. The number of aliphatic hydroxyl groups excluding tert-OH is 1. The predicted molar refractivity (Wildman–Crippen MR) is 84.1 cm³/mol. The van der Waals surface area contributed by atoms with Crippen LogP contribution in [0, 0.1) is 0 Å². The average Bonchev–Trinajstić information content (AvgIpc) is 2.54. The van der Waals surface area contributed by atoms with Crippen LogP contribution in [0.1, 0.15) is 34.5 Å². The molecule has 0 saturated carbocycles. The molecule has 0 spiro atoms. The molecule has 0 bridgehead atoms. The molecule has 2 rings (SSSR count). The van der Waals surface area contributed by atoms with Gasteiger partial charge in [-0.25, -0.2) is 0 Å². The number of carbonyl (C=O) groups excluding carboxylic acids is 1. The molecule has 2 aromatic rings. The van der Waals surface area contributed by atoms with E-state index in [1.807, 2.05) is 30.3 Å². The van der Waals surface area contributed by atoms with Crippen LogP contribution in [0.4, 0.5) is 0 Å². The van der Waals surface area contributed by atoms with Crippen molar-refractivity contribution >= 4 is 5.78 Å². The largest absolute Gasteiger partial charge is 0.489 e. The Labute approximate surface area is 130 Å². The van der Waals surface area contributed by atoms with E-state index < -0.39 is 6.10 Å². The number of aliphatic hydroxyl groups is 1. The summed E-state index contributed by atoms with van der Waals surface area (Å²) in [6.07, 6.45) is -0.838. The van der Waals surface area contributed by atoms with E-state index in [1.54, 1.807) is 18.2 Å². The fourth-order valence-electron chi connectivity index (χ4n) is 2.14. The predicted octanol–water partition coefficient (Wildman–Crippen LogP) is 3.15. The van der Waals surface area contributed by atoms with Gasteiger partial charge in [-0.05, 0) is 30.7 Å². The number of ketones is 1. The minimum absolute atomic E-state index is 0.0551. The number of Topliss-reactive ketones (excluding diaryl/α,β-unsaturated/α-hetero) is 1. The lowest BCUT2D eigenvalue weighted by atomic mass is 10.0. The van der Waals surface area contributed by atoms with E-state index in [0.29, 0.717) is 23.5 Å². The van der Waals surface area contributed by atoms with Crippen LogP contribution in [0.5, 0.6) is 5.75 Å². The SMILES string of the molecule is COC[C@H](O)c1cc(C(C)=O)ccc1OCc1ccccc1. The fraction of sp³-hybridized carbons (Fsp3) is 0.278. The molecule has 0 amide bonds. The molecule has 0 aliphatic carbocycles. The van der Waals surface area contributed by atoms with Crippen molar-refractivity contribution in [2.24, 2.45) is 0 Å². The van der Waals surface area contributed by atoms with Gasteiger partial charge in [0.2, 0.25) is 0 Å². The highest BCUT2D eigenvalue weighted by molar-refractivity contribution is 5.94. The quantitative estimate of drug-likeness (QED) is 0.798. The lowest BCUT2D eigenvalue weighted by Gasteiger charge is -2.17. The number of hydrogen-bond donors (Lipinski definition) is 1. The van der Waals surface area contributed by atoms with Gasteiger partial charge in [-0.2, -0.15) is 0 Å². The van der Waals surface area contributed by atoms with E-state index >= 15 is 0 Å². The minimum Gasteiger partial charge on any atom is -0.489 e. The molecule has 0 unspecified atom stereocenters. The number of hydrogen-bond acceptors (Lipinski definition) is 4. The second-order valence-corrected chi connectivity index (χ2v) is 5.05. The molecule has 4 nitrogen and oxygen atoms in total. The summed E-state index contributed by atoms with van der Waals surface area (Å²) in [6, 6.07) is 14.8. The Balaban J connectivity index is 2.23. The first kappa shape index (κ1) is 16.2. The maximum atomic E-state index is 11.5. The van der Waals surface area contributed by atoms with Crippen molar-refractivity contribution in [1.29, 1.82) is 0 Å². The Kier molecular flexibility index (Phi) is 5.69. The van der Waals surface area contributed by atoms with Crippen LogP contribution in [0.2, 0.25) is 0 Å². The van der Waals surface area contributed by atoms with Gasteiger partial charge in [0.1, 0.15) is 18.5 Å². The molecule has 0 aliphatic rings. The number of rotatable bonds is 7. The van der Waals surface area contributed by atoms with Crippen molar-refractivity contribution in [2.45, 2.75) is 19.6 Å². The fourth-order valence-corrected chi connectivity index (χ4v) is 2.14. The Morgan fingerprint density at radius 3 is 2.55 bits per heavy atom. The van der Waals surface area contributed by atoms with Gasteiger partial charge in [-0.1, -0.05) is 30.3 Å². The molecular weight excluding hydrogens is 280 g/mol. The maximum Gasteiger partial charge on any atom is 0.159 e. The average molecular weight is 300 g/mol. The second-order valence-electron chi connectivity index (χ2n) is 5.05. The van der Waals surface area contributed by atoms with Gasteiger partial charge in [-0.3, -0.25) is 4.79 Å². The highest BCUT2D eigenvalue weighted by atomic mass is 16.5. The van der Waals surface area contributed by atoms with Gasteiger partial charge in [0.15, 0.2) is 5.78 Å². The molecular formula is C18H20O4. The summed E-state index contributed by atoms with van der Waals surface area (Å²) in [5, 5.41) is 10.2. The summed E-state index contributed by atoms with van der Waals surface area (Å²) in [5.41, 5.74) is 2.13. The lowest BCUT2D eigenvalue weighted by Crippen LogP contribution is -2.09. The summed E-state index contributed by atoms with van der Waals surface area (Å²) >= 11 is 0. The van der Waals surface area contributed by atoms with E-state index in [4.69, 9.17) is 9.47 Å². The van der Waals surface area contributed by atoms with E-state index in [9.17, 15) is 9.90 Å². The molecule has 0 saturated heterocycles. The van der Waals surface area contributed by atoms with Crippen LogP contribution in [0.15, 0.2) is 48.5 Å². The van der Waals surface area contributed by atoms with Gasteiger partial charge < -0.3 is 14.6 Å². The van der Waals surface area contributed by atoms with Crippen LogP contribution < -0.4 is 4.74 Å². The van der Waals surface area contributed by atoms with E-state index in [2.05, 4.69) is 0 Å². The third-order valence-corrected chi connectivity index (χ3v) is 3.34. The number of ether oxygens (including phenoxy) is 2. The van der Waals surface area contributed by atoms with Crippen LogP contribution in [0.25, 0.3) is 0 Å². The first-order chi connectivity index (χ1) is 10.6. The Hall–Kier alpha value is -2.17. The van der Waals surface area contributed by atoms with Crippen LogP contribution in [-0.2, 0) is 11.3 Å². The molecule has 0 heterocycles. The van der Waals surface area contributed by atoms with Crippen molar-refractivity contribution < 1.29 is 19.4 Å². The molecule has 22 heavy (non-hydrogen) atoms. The van der Waals surface area contributed by atoms with Gasteiger partial charge in [0, 0.05) is 18.2 Å². The molecule has 0 aromatic heterocycles. The van der Waals surface area contributed by atoms with Crippen molar-refractivity contribution in [1.82, 2.24) is 0 Å². The summed E-state index contributed by atoms with van der Waals surface area (Å²) in [5.74, 6) is 0.499. The van der Waals surface area contributed by atoms with E-state index in [0.717, 1.165) is 5.56 Å². The first-order valence-corrected chi connectivity index (χ1v) is 7.10. The zero-order valence-corrected chi connectivity index (χ0v) is 12.8. The van der Waals surface area contributed by atoms with Crippen LogP contribution in [-0.4, -0.2) is 24.6 Å². The molecule has 4 heteroatoms. The zero-order chi connectivity index (χ0) is 15.9. The van der Waals surface area contributed by atoms with Gasteiger partial charge in [-0.15, -0.1) is 0 Å². The topological polar surface area (TPSA) is 55.8 Å². The monoisotopic (exact) mass is 300 g/mol. The Morgan fingerprint density at radius 2 is 1.91 bits per heavy atom. The van der Waals surface area contributed by atoms with Crippen LogP contribution in [0.3, 0.4) is 0 Å². The number of benzene rings is 2. The van der Waals surface area contributed by atoms with Gasteiger partial charge in [0.25, 0.3) is 0 Å². The summed E-state index contributed by atoms with van der Waals surface area (Å²) < 4.78 is 10.8. The third-order valence-electron chi connectivity index (χ3n) is 3.34. The highest BCUT2D eigenvalue weighted by Crippen LogP contribution is 2.28. The first-order valence-electron chi connectivity index (χ1n) is 7.10. The van der Waals surface area contributed by atoms with Gasteiger partial charge >= 0.3 is 0 Å². The normalized spacial score (nSPS) is 12.0. The van der Waals surface area contributed by atoms with Crippen molar-refractivity contribution in [3.05, 3.63) is 65.2 Å². The lowest BCUT2D eigenvalue weighted by molar-refractivity contribution is 0.0620. The summed E-state index contributed by atoms with van der Waals surface area (Å²) in [7, 11) is 1.52. The number of methoxy groups -OCH3 is 1. The second kappa shape index (κ2) is 7.73. The van der Waals surface area contributed by atoms with Crippen LogP contribution >= 0.6 is 0 Å². The molecule has 1 N–H and O–H groups in total. The molecule has 0 fully saturated rings. The number of carbonyl (C=O) groups is 1. The standard InChI is InChI=1S/C18H20O4/c1-13(19)15-8-9-18(16(10-15)17(20)12-21-2)22-11-14-6-4-3-5-7-14/h3-10,17,20H,11-12H2,1-2H3/t17-/m0/s1. The van der Waals surface area contributed by atoms with E-state index in [1.165, 1.54) is 14.0 Å². The summed E-state index contributed by atoms with van der Waals surface area (Å²) in [4.78, 5) is 11.5. The van der Waals surface area contributed by atoms with Crippen molar-refractivity contribution in [2.75, 3.05) is 13.7 Å². The van der Waals surface area contributed by atoms with Crippen molar-refractivity contribution in [3.63, 3.8) is 0 Å². The van der Waals surface area contributed by atoms with Gasteiger partial charge in [0.05, 0.1) is 6.61 Å². The molecule has 2 aromatic carbocycles. The maximum absolute atomic E-state index is 11.5. The molecule has 0 radical (unpaired) electrons. The zero-order valence-electron chi connectivity index (χ0n) is 12.8. The molecule has 116 valence electrons. The molecule has 0 aliphatic heterocycles. The van der Waals surface area contributed by atoms with Crippen molar-refractivity contribution in [3.8, 4) is 5.75 Å². The Bertz CT molecular complexity index is 622. The summed E-state index contributed by atoms with van der Waals surface area (Å²) in [6.45, 7) is 2.03. The Morgan fingerprint density at radius 1 is 1.18 bits per heavy atom.